The van der Waals surface area contributed by atoms with E-state index in [1.807, 2.05) is 0 Å². The molecule has 0 saturated carbocycles. The number of nitrogens with zero attached hydrogens (tertiary/aromatic N) is 2. The molecule has 0 aliphatic rings. The maximum Gasteiger partial charge on any atom is 0.323 e. The lowest BCUT2D eigenvalue weighted by atomic mass is 10.3. The number of aliphatic carboxylic acids is 1. The molecule has 21 heavy (non-hydrogen) atoms. The van der Waals surface area contributed by atoms with Crippen molar-refractivity contribution in [2.45, 2.75) is 0 Å². The van der Waals surface area contributed by atoms with Crippen molar-refractivity contribution >= 4 is 35.0 Å². The van der Waals surface area contributed by atoms with Gasteiger partial charge in [-0.1, -0.05) is 6.07 Å². The number of carboxylic acid groups (broad SMARTS) is 1. The highest BCUT2D eigenvalue weighted by Crippen LogP contribution is 2.11. The normalized spacial score (nSPS) is 9.95. The number of nitrogens with two attached hydrogens (primary N) is 1. The molecule has 0 saturated heterocycles. The van der Waals surface area contributed by atoms with E-state index < -0.39 is 30.9 Å². The number of thiophene rings is 1. The second-order valence-electron chi connectivity index (χ2n) is 4.25. The average Bonchev–Trinajstić information content (AvgIpc) is 2.89. The van der Waals surface area contributed by atoms with Crippen LogP contribution in [0.1, 0.15) is 9.67 Å². The van der Waals surface area contributed by atoms with Crippen molar-refractivity contribution < 1.29 is 24.3 Å². The van der Waals surface area contributed by atoms with Gasteiger partial charge in [0.05, 0.1) is 18.0 Å². The molecule has 0 radical (unpaired) electrons. The Kier molecular flexibility index (Phi) is 5.85. The number of carboxylic acids is 1. The van der Waals surface area contributed by atoms with E-state index in [-0.39, 0.29) is 12.5 Å². The molecule has 1 aromatic heterocycles. The fraction of sp³-hybridized carbons (Fsp3) is 0.333. The molecule has 1 heterocycles. The van der Waals surface area contributed by atoms with Gasteiger partial charge in [-0.05, 0) is 11.4 Å². The minimum atomic E-state index is -1.27. The van der Waals surface area contributed by atoms with Crippen molar-refractivity contribution in [2.24, 2.45) is 5.73 Å². The van der Waals surface area contributed by atoms with E-state index in [4.69, 9.17) is 10.8 Å². The van der Waals surface area contributed by atoms with Crippen LogP contribution >= 0.6 is 11.3 Å². The molecule has 0 aliphatic heterocycles. The molecular formula is C12H15N3O5S. The third-order valence-electron chi connectivity index (χ3n) is 2.48. The zero-order chi connectivity index (χ0) is 16.0. The van der Waals surface area contributed by atoms with Crippen LogP contribution in [0.3, 0.4) is 0 Å². The minimum Gasteiger partial charge on any atom is -0.480 e. The van der Waals surface area contributed by atoms with Gasteiger partial charge in [0.15, 0.2) is 0 Å². The van der Waals surface area contributed by atoms with Crippen molar-refractivity contribution in [3.63, 3.8) is 0 Å². The SMILES string of the molecule is CN(CC(=O)N(CC(N)=O)CC(=O)O)C(=O)c1cccs1. The van der Waals surface area contributed by atoms with Crippen molar-refractivity contribution in [3.05, 3.63) is 22.4 Å². The summed E-state index contributed by atoms with van der Waals surface area (Å²) in [7, 11) is 1.42. The quantitative estimate of drug-likeness (QED) is 0.684. The Hall–Kier alpha value is -2.42. The van der Waals surface area contributed by atoms with Crippen LogP contribution in [-0.2, 0) is 14.4 Å². The summed E-state index contributed by atoms with van der Waals surface area (Å²) in [6, 6.07) is 3.32. The van der Waals surface area contributed by atoms with E-state index in [1.54, 1.807) is 17.5 Å². The summed E-state index contributed by atoms with van der Waals surface area (Å²) in [6.45, 7) is -1.49. The van der Waals surface area contributed by atoms with Crippen molar-refractivity contribution in [1.82, 2.24) is 9.80 Å². The largest absolute Gasteiger partial charge is 0.480 e. The monoisotopic (exact) mass is 313 g/mol. The van der Waals surface area contributed by atoms with E-state index in [0.717, 1.165) is 9.80 Å². The summed E-state index contributed by atoms with van der Waals surface area (Å²) in [6.07, 6.45) is 0. The summed E-state index contributed by atoms with van der Waals surface area (Å²) in [5.41, 5.74) is 4.97. The highest BCUT2D eigenvalue weighted by molar-refractivity contribution is 7.12. The van der Waals surface area contributed by atoms with Crippen LogP contribution in [0.25, 0.3) is 0 Å². The lowest BCUT2D eigenvalue weighted by Gasteiger charge is -2.22. The van der Waals surface area contributed by atoms with E-state index in [1.165, 1.54) is 18.4 Å². The molecule has 1 rings (SSSR count). The molecule has 8 nitrogen and oxygen atoms in total. The van der Waals surface area contributed by atoms with Gasteiger partial charge in [-0.15, -0.1) is 11.3 Å². The standard InChI is InChI=1S/C12H15N3O5S/c1-14(12(20)8-3-2-4-21-8)6-10(17)15(5-9(13)16)7-11(18)19/h2-4H,5-7H2,1H3,(H2,13,16)(H,18,19). The number of likely N-dealkylation sites (N-methyl/N-ethyl adjacent to an activating group) is 1. The minimum absolute atomic E-state index is 0.336. The van der Waals surface area contributed by atoms with Crippen molar-refractivity contribution in [1.29, 1.82) is 0 Å². The molecule has 3 N–H and O–H groups in total. The first kappa shape index (κ1) is 16.6. The smallest absolute Gasteiger partial charge is 0.323 e. The van der Waals surface area contributed by atoms with Gasteiger partial charge in [0.1, 0.15) is 6.54 Å². The predicted molar refractivity (Wildman–Crippen MR) is 74.7 cm³/mol. The van der Waals surface area contributed by atoms with E-state index in [0.29, 0.717) is 4.88 Å². The molecule has 0 fully saturated rings. The van der Waals surface area contributed by atoms with Gasteiger partial charge >= 0.3 is 5.97 Å². The summed E-state index contributed by atoms with van der Waals surface area (Å²) in [4.78, 5) is 47.9. The first-order chi connectivity index (χ1) is 9.81. The van der Waals surface area contributed by atoms with Crippen LogP contribution in [0.2, 0.25) is 0 Å². The molecule has 0 spiro atoms. The summed E-state index contributed by atoms with van der Waals surface area (Å²) < 4.78 is 0. The molecular weight excluding hydrogens is 298 g/mol. The molecule has 0 aromatic carbocycles. The number of amides is 3. The Balaban J connectivity index is 2.69. The van der Waals surface area contributed by atoms with Crippen LogP contribution < -0.4 is 5.73 Å². The number of hydrogen-bond donors (Lipinski definition) is 2. The first-order valence-electron chi connectivity index (χ1n) is 5.88. The number of rotatable bonds is 7. The number of carbonyl (C=O) groups excluding carboxylic acids is 3. The molecule has 114 valence electrons. The van der Waals surface area contributed by atoms with Crippen LogP contribution in [0.5, 0.6) is 0 Å². The van der Waals surface area contributed by atoms with Gasteiger partial charge in [-0.25, -0.2) is 0 Å². The first-order valence-corrected chi connectivity index (χ1v) is 6.76. The highest BCUT2D eigenvalue weighted by atomic mass is 32.1. The molecule has 0 aliphatic carbocycles. The van der Waals surface area contributed by atoms with Crippen LogP contribution in [0.4, 0.5) is 0 Å². The fourth-order valence-corrected chi connectivity index (χ4v) is 2.26. The Bertz CT molecular complexity index is 527. The van der Waals surface area contributed by atoms with E-state index >= 15 is 0 Å². The molecule has 9 heteroatoms. The predicted octanol–water partition coefficient (Wildman–Crippen LogP) is -0.781. The summed E-state index contributed by atoms with van der Waals surface area (Å²) in [5.74, 6) is -3.11. The lowest BCUT2D eigenvalue weighted by molar-refractivity contribution is -0.145. The van der Waals surface area contributed by atoms with Crippen LogP contribution in [0.15, 0.2) is 17.5 Å². The second-order valence-corrected chi connectivity index (χ2v) is 5.20. The van der Waals surface area contributed by atoms with Gasteiger partial charge in [0, 0.05) is 7.05 Å². The molecule has 1 aromatic rings. The number of primary amides is 1. The van der Waals surface area contributed by atoms with Crippen molar-refractivity contribution in [3.8, 4) is 0 Å². The maximum absolute atomic E-state index is 12.0. The van der Waals surface area contributed by atoms with E-state index in [2.05, 4.69) is 0 Å². The lowest BCUT2D eigenvalue weighted by Crippen LogP contribution is -2.46. The summed E-state index contributed by atoms with van der Waals surface area (Å²) in [5, 5.41) is 10.4. The summed E-state index contributed by atoms with van der Waals surface area (Å²) >= 11 is 1.23. The molecule has 0 bridgehead atoms. The number of carbonyl (C=O) groups is 4. The topological polar surface area (TPSA) is 121 Å². The van der Waals surface area contributed by atoms with E-state index in [9.17, 15) is 19.2 Å². The van der Waals surface area contributed by atoms with Crippen LogP contribution in [0, 0.1) is 0 Å². The highest BCUT2D eigenvalue weighted by Gasteiger charge is 2.22. The zero-order valence-corrected chi connectivity index (χ0v) is 12.1. The molecule has 0 unspecified atom stereocenters. The Morgan fingerprint density at radius 3 is 2.38 bits per heavy atom. The second kappa shape index (κ2) is 7.39. The van der Waals surface area contributed by atoms with Gasteiger partial charge in [0.2, 0.25) is 11.8 Å². The zero-order valence-electron chi connectivity index (χ0n) is 11.3. The Morgan fingerprint density at radius 1 is 1.24 bits per heavy atom. The van der Waals surface area contributed by atoms with Gasteiger partial charge in [-0.3, -0.25) is 19.2 Å². The molecule has 0 atom stereocenters. The fourth-order valence-electron chi connectivity index (χ4n) is 1.55. The molecule has 3 amide bonds. The third-order valence-corrected chi connectivity index (χ3v) is 3.33. The average molecular weight is 313 g/mol. The maximum atomic E-state index is 12.0. The van der Waals surface area contributed by atoms with Gasteiger partial charge in [-0.2, -0.15) is 0 Å². The van der Waals surface area contributed by atoms with Gasteiger partial charge in [0.25, 0.3) is 5.91 Å². The van der Waals surface area contributed by atoms with Crippen LogP contribution in [-0.4, -0.2) is 65.3 Å². The Morgan fingerprint density at radius 2 is 1.90 bits per heavy atom. The third kappa shape index (κ3) is 5.22. The van der Waals surface area contributed by atoms with Gasteiger partial charge < -0.3 is 20.6 Å². The Labute approximate surface area is 124 Å². The number of hydrogen-bond acceptors (Lipinski definition) is 5. The van der Waals surface area contributed by atoms with Crippen molar-refractivity contribution in [2.75, 3.05) is 26.7 Å².